The number of rotatable bonds is 8. The number of nitrogen functional groups attached to an aromatic ring is 1. The highest BCUT2D eigenvalue weighted by Crippen LogP contribution is 2.07. The van der Waals surface area contributed by atoms with E-state index in [1.54, 1.807) is 17.7 Å². The number of anilines is 1. The van der Waals surface area contributed by atoms with E-state index in [2.05, 4.69) is 24.0 Å². The van der Waals surface area contributed by atoms with Gasteiger partial charge in [-0.2, -0.15) is 0 Å². The van der Waals surface area contributed by atoms with Crippen molar-refractivity contribution < 1.29 is 0 Å². The molecule has 0 unspecified atom stereocenters. The van der Waals surface area contributed by atoms with Gasteiger partial charge in [-0.05, 0) is 50.0 Å². The van der Waals surface area contributed by atoms with Crippen LogP contribution < -0.4 is 17.0 Å². The first kappa shape index (κ1) is 19.0. The highest BCUT2D eigenvalue weighted by Gasteiger charge is 2.08. The van der Waals surface area contributed by atoms with Crippen molar-refractivity contribution in [3.63, 3.8) is 0 Å². The van der Waals surface area contributed by atoms with E-state index in [-0.39, 0.29) is 11.2 Å². The van der Waals surface area contributed by atoms with Crippen molar-refractivity contribution in [1.29, 1.82) is 0 Å². The number of nitrogens with zero attached hydrogens (tertiary/aromatic N) is 3. The van der Waals surface area contributed by atoms with Crippen LogP contribution in [0.1, 0.15) is 24.6 Å². The maximum absolute atomic E-state index is 12.0. The van der Waals surface area contributed by atoms with E-state index in [0.29, 0.717) is 0 Å². The lowest BCUT2D eigenvalue weighted by Gasteiger charge is -2.20. The molecule has 0 fully saturated rings. The standard InChI is InChI=1S/C19H28N4O2/c1-4-23(13-11-15-7-9-16(20)10-8-15)12-5-6-17-14-18(24)22(3)19(25)21(17)2/h7-10,14H,4-6,11-13,20H2,1-3H3. The number of aryl methyl sites for hydroxylation is 1. The van der Waals surface area contributed by atoms with E-state index in [9.17, 15) is 9.59 Å². The number of hydrogen-bond acceptors (Lipinski definition) is 4. The summed E-state index contributed by atoms with van der Waals surface area (Å²) in [4.78, 5) is 26.1. The highest BCUT2D eigenvalue weighted by atomic mass is 16.2. The average molecular weight is 344 g/mol. The topological polar surface area (TPSA) is 73.3 Å². The van der Waals surface area contributed by atoms with Gasteiger partial charge in [0.25, 0.3) is 5.56 Å². The second-order valence-corrected chi connectivity index (χ2v) is 6.40. The summed E-state index contributed by atoms with van der Waals surface area (Å²) in [5, 5.41) is 0. The minimum atomic E-state index is -0.266. The van der Waals surface area contributed by atoms with Gasteiger partial charge in [-0.1, -0.05) is 19.1 Å². The van der Waals surface area contributed by atoms with E-state index in [4.69, 9.17) is 5.73 Å². The molecule has 2 N–H and O–H groups in total. The minimum absolute atomic E-state index is 0.242. The van der Waals surface area contributed by atoms with Crippen LogP contribution in [-0.2, 0) is 26.9 Å². The third-order valence-electron chi connectivity index (χ3n) is 4.68. The van der Waals surface area contributed by atoms with Crippen molar-refractivity contribution in [1.82, 2.24) is 14.0 Å². The Morgan fingerprint density at radius 3 is 2.32 bits per heavy atom. The Morgan fingerprint density at radius 1 is 1.00 bits per heavy atom. The molecule has 0 aliphatic rings. The molecule has 0 atom stereocenters. The van der Waals surface area contributed by atoms with Gasteiger partial charge in [0.15, 0.2) is 0 Å². The summed E-state index contributed by atoms with van der Waals surface area (Å²) in [5.41, 5.74) is 8.07. The summed E-state index contributed by atoms with van der Waals surface area (Å²) in [5.74, 6) is 0. The zero-order chi connectivity index (χ0) is 18.4. The molecule has 0 bridgehead atoms. The Hall–Kier alpha value is -2.34. The van der Waals surface area contributed by atoms with Gasteiger partial charge in [0.1, 0.15) is 0 Å². The first-order chi connectivity index (χ1) is 11.9. The van der Waals surface area contributed by atoms with Crippen molar-refractivity contribution in [2.75, 3.05) is 25.4 Å². The summed E-state index contributed by atoms with van der Waals surface area (Å²) < 4.78 is 2.69. The van der Waals surface area contributed by atoms with Crippen LogP contribution in [0.15, 0.2) is 39.9 Å². The zero-order valence-electron chi connectivity index (χ0n) is 15.4. The smallest absolute Gasteiger partial charge is 0.330 e. The summed E-state index contributed by atoms with van der Waals surface area (Å²) in [7, 11) is 3.22. The number of aromatic nitrogens is 2. The van der Waals surface area contributed by atoms with Gasteiger partial charge in [-0.15, -0.1) is 0 Å². The summed E-state index contributed by atoms with van der Waals surface area (Å²) >= 11 is 0. The van der Waals surface area contributed by atoms with E-state index < -0.39 is 0 Å². The Kier molecular flexibility index (Phi) is 6.58. The summed E-state index contributed by atoms with van der Waals surface area (Å²) in [6, 6.07) is 9.56. The second kappa shape index (κ2) is 8.67. The Labute approximate surface area is 148 Å². The van der Waals surface area contributed by atoms with Crippen molar-refractivity contribution in [2.24, 2.45) is 14.1 Å². The van der Waals surface area contributed by atoms with Crippen LogP contribution in [0.2, 0.25) is 0 Å². The molecule has 0 saturated carbocycles. The molecule has 0 spiro atoms. The Bertz CT molecular complexity index is 806. The third-order valence-corrected chi connectivity index (χ3v) is 4.68. The van der Waals surface area contributed by atoms with Crippen LogP contribution in [0.3, 0.4) is 0 Å². The number of nitrogens with two attached hydrogens (primary N) is 1. The molecule has 25 heavy (non-hydrogen) atoms. The van der Waals surface area contributed by atoms with E-state index in [0.717, 1.165) is 54.8 Å². The predicted octanol–water partition coefficient (Wildman–Crippen LogP) is 1.16. The fraction of sp³-hybridized carbons (Fsp3) is 0.474. The Balaban J connectivity index is 1.88. The molecule has 0 aliphatic carbocycles. The molecule has 6 heteroatoms. The maximum atomic E-state index is 12.0. The molecule has 0 radical (unpaired) electrons. The highest BCUT2D eigenvalue weighted by molar-refractivity contribution is 5.39. The maximum Gasteiger partial charge on any atom is 0.330 e. The molecular formula is C19H28N4O2. The van der Waals surface area contributed by atoms with Crippen molar-refractivity contribution in [3.8, 4) is 0 Å². The second-order valence-electron chi connectivity index (χ2n) is 6.40. The molecule has 0 aliphatic heterocycles. The number of likely N-dealkylation sites (N-methyl/N-ethyl adjacent to an activating group) is 1. The van der Waals surface area contributed by atoms with Crippen LogP contribution in [-0.4, -0.2) is 33.7 Å². The van der Waals surface area contributed by atoms with Gasteiger partial charge < -0.3 is 15.2 Å². The molecule has 1 aromatic carbocycles. The van der Waals surface area contributed by atoms with E-state index in [1.807, 2.05) is 12.1 Å². The largest absolute Gasteiger partial charge is 0.399 e. The lowest BCUT2D eigenvalue weighted by molar-refractivity contribution is 0.287. The van der Waals surface area contributed by atoms with E-state index in [1.165, 1.54) is 12.6 Å². The summed E-state index contributed by atoms with van der Waals surface area (Å²) in [6.45, 7) is 5.05. The van der Waals surface area contributed by atoms with Crippen LogP contribution in [0.4, 0.5) is 5.69 Å². The van der Waals surface area contributed by atoms with Crippen molar-refractivity contribution in [2.45, 2.75) is 26.2 Å². The number of benzene rings is 1. The Morgan fingerprint density at radius 2 is 1.68 bits per heavy atom. The molecule has 0 saturated heterocycles. The van der Waals surface area contributed by atoms with Gasteiger partial charge in [-0.25, -0.2) is 4.79 Å². The fourth-order valence-corrected chi connectivity index (χ4v) is 2.90. The van der Waals surface area contributed by atoms with Crippen LogP contribution in [0, 0.1) is 0 Å². The van der Waals surface area contributed by atoms with Crippen molar-refractivity contribution >= 4 is 5.69 Å². The van der Waals surface area contributed by atoms with Crippen molar-refractivity contribution in [3.05, 3.63) is 62.4 Å². The third kappa shape index (κ3) is 5.06. The van der Waals surface area contributed by atoms with Gasteiger partial charge >= 0.3 is 5.69 Å². The average Bonchev–Trinajstić information content (AvgIpc) is 2.61. The molecule has 6 nitrogen and oxygen atoms in total. The zero-order valence-corrected chi connectivity index (χ0v) is 15.4. The van der Waals surface area contributed by atoms with Crippen LogP contribution >= 0.6 is 0 Å². The lowest BCUT2D eigenvalue weighted by atomic mass is 10.1. The van der Waals surface area contributed by atoms with E-state index >= 15 is 0 Å². The van der Waals surface area contributed by atoms with Gasteiger partial charge in [0.2, 0.25) is 0 Å². The normalized spacial score (nSPS) is 11.2. The quantitative estimate of drug-likeness (QED) is 0.730. The van der Waals surface area contributed by atoms with Gasteiger partial charge in [0.05, 0.1) is 0 Å². The van der Waals surface area contributed by atoms with Gasteiger partial charge in [0, 0.05) is 38.1 Å². The lowest BCUT2D eigenvalue weighted by Crippen LogP contribution is -2.38. The summed E-state index contributed by atoms with van der Waals surface area (Å²) in [6.07, 6.45) is 2.62. The molecule has 1 heterocycles. The number of hydrogen-bond donors (Lipinski definition) is 1. The molecule has 2 aromatic rings. The SMILES string of the molecule is CCN(CCCc1cc(=O)n(C)c(=O)n1C)CCc1ccc(N)cc1. The predicted molar refractivity (Wildman–Crippen MR) is 102 cm³/mol. The molecule has 2 rings (SSSR count). The molecule has 1 aromatic heterocycles. The molecular weight excluding hydrogens is 316 g/mol. The first-order valence-electron chi connectivity index (χ1n) is 8.75. The fourth-order valence-electron chi connectivity index (χ4n) is 2.90. The van der Waals surface area contributed by atoms with Crippen LogP contribution in [0.25, 0.3) is 0 Å². The molecule has 136 valence electrons. The van der Waals surface area contributed by atoms with Gasteiger partial charge in [-0.3, -0.25) is 9.36 Å². The minimum Gasteiger partial charge on any atom is -0.399 e. The molecule has 0 amide bonds. The van der Waals surface area contributed by atoms with Crippen LogP contribution in [0.5, 0.6) is 0 Å². The first-order valence-corrected chi connectivity index (χ1v) is 8.75. The monoisotopic (exact) mass is 344 g/mol.